The molecule has 2 aromatic rings. The number of aromatic nitrogens is 2. The van der Waals surface area contributed by atoms with Crippen LogP contribution in [0.15, 0.2) is 43.0 Å². The van der Waals surface area contributed by atoms with Gasteiger partial charge in [0.2, 0.25) is 0 Å². The first-order valence-corrected chi connectivity index (χ1v) is 6.11. The lowest BCUT2D eigenvalue weighted by Crippen LogP contribution is -2.19. The average Bonchev–Trinajstić information content (AvgIpc) is 2.45. The van der Waals surface area contributed by atoms with Gasteiger partial charge in [0.25, 0.3) is 0 Å². The smallest absolute Gasteiger partial charge is 0.306 e. The number of benzene rings is 1. The third kappa shape index (κ3) is 3.77. The Balaban J connectivity index is 2.04. The lowest BCUT2D eigenvalue weighted by atomic mass is 10.0. The molecule has 0 saturated carbocycles. The summed E-state index contributed by atoms with van der Waals surface area (Å²) >= 11 is 0. The number of hydrogen-bond acceptors (Lipinski definition) is 3. The van der Waals surface area contributed by atoms with E-state index < -0.39 is 11.7 Å². The van der Waals surface area contributed by atoms with Gasteiger partial charge in [0, 0.05) is 30.5 Å². The van der Waals surface area contributed by atoms with Crippen molar-refractivity contribution in [3.8, 4) is 0 Å². The molecule has 0 saturated heterocycles. The lowest BCUT2D eigenvalue weighted by Gasteiger charge is -2.16. The number of nitrogens with one attached hydrogen (secondary N) is 1. The first-order valence-electron chi connectivity index (χ1n) is 6.11. The molecule has 0 amide bonds. The quantitative estimate of drug-likeness (QED) is 0.934. The zero-order valence-corrected chi connectivity index (χ0v) is 10.9. The molecular weight excluding hydrogens is 267 g/mol. The maximum absolute atomic E-state index is 12.6. The molecule has 1 unspecified atom stereocenters. The van der Waals surface area contributed by atoms with Crippen LogP contribution in [-0.2, 0) is 12.7 Å². The highest BCUT2D eigenvalue weighted by molar-refractivity contribution is 5.27. The maximum atomic E-state index is 12.6. The summed E-state index contributed by atoms with van der Waals surface area (Å²) in [5.41, 5.74) is 0.842. The summed E-state index contributed by atoms with van der Waals surface area (Å²) in [6.45, 7) is 2.32. The molecule has 2 rings (SSSR count). The molecule has 0 aliphatic carbocycles. The lowest BCUT2D eigenvalue weighted by molar-refractivity contribution is -0.137. The SMILES string of the molecule is CC(NCc1cncnc1)c1cccc(C(F)(F)F)c1. The zero-order chi connectivity index (χ0) is 14.6. The average molecular weight is 281 g/mol. The van der Waals surface area contributed by atoms with Gasteiger partial charge in [-0.05, 0) is 24.6 Å². The van der Waals surface area contributed by atoms with E-state index in [-0.39, 0.29) is 6.04 Å². The Hall–Kier alpha value is -1.95. The molecule has 1 aromatic heterocycles. The predicted octanol–water partition coefficient (Wildman–Crippen LogP) is 3.35. The Morgan fingerprint density at radius 2 is 1.90 bits per heavy atom. The molecule has 0 bridgehead atoms. The third-order valence-corrected chi connectivity index (χ3v) is 2.94. The first-order chi connectivity index (χ1) is 9.47. The third-order valence-electron chi connectivity index (χ3n) is 2.94. The molecule has 106 valence electrons. The van der Waals surface area contributed by atoms with Gasteiger partial charge in [-0.1, -0.05) is 12.1 Å². The van der Waals surface area contributed by atoms with Gasteiger partial charge in [0.05, 0.1) is 5.56 Å². The van der Waals surface area contributed by atoms with Crippen LogP contribution in [0.4, 0.5) is 13.2 Å². The summed E-state index contributed by atoms with van der Waals surface area (Å²) in [6.07, 6.45) is 0.445. The van der Waals surface area contributed by atoms with Crippen LogP contribution >= 0.6 is 0 Å². The molecule has 6 heteroatoms. The number of nitrogens with zero attached hydrogens (tertiary/aromatic N) is 2. The molecule has 0 aliphatic rings. The van der Waals surface area contributed by atoms with Crippen molar-refractivity contribution in [3.63, 3.8) is 0 Å². The highest BCUT2D eigenvalue weighted by Crippen LogP contribution is 2.30. The molecule has 1 aromatic carbocycles. The molecular formula is C14H14F3N3. The number of rotatable bonds is 4. The largest absolute Gasteiger partial charge is 0.416 e. The second-order valence-electron chi connectivity index (χ2n) is 4.47. The summed E-state index contributed by atoms with van der Waals surface area (Å²) in [4.78, 5) is 7.76. The maximum Gasteiger partial charge on any atom is 0.416 e. The van der Waals surface area contributed by atoms with E-state index in [9.17, 15) is 13.2 Å². The summed E-state index contributed by atoms with van der Waals surface area (Å²) in [5.74, 6) is 0. The molecule has 20 heavy (non-hydrogen) atoms. The van der Waals surface area contributed by atoms with Crippen molar-refractivity contribution in [1.82, 2.24) is 15.3 Å². The van der Waals surface area contributed by atoms with Crippen molar-refractivity contribution < 1.29 is 13.2 Å². The predicted molar refractivity (Wildman–Crippen MR) is 68.7 cm³/mol. The van der Waals surface area contributed by atoms with Crippen LogP contribution in [0.1, 0.15) is 29.7 Å². The first kappa shape index (κ1) is 14.5. The summed E-state index contributed by atoms with van der Waals surface area (Å²) in [5, 5.41) is 3.15. The molecule has 0 aliphatic heterocycles. The Labute approximate surface area is 114 Å². The Kier molecular flexibility index (Phi) is 4.34. The Morgan fingerprint density at radius 3 is 2.55 bits per heavy atom. The van der Waals surface area contributed by atoms with Crippen LogP contribution in [0.25, 0.3) is 0 Å². The van der Waals surface area contributed by atoms with E-state index >= 15 is 0 Å². The minimum Gasteiger partial charge on any atom is -0.306 e. The molecule has 1 atom stereocenters. The fourth-order valence-electron chi connectivity index (χ4n) is 1.79. The van der Waals surface area contributed by atoms with Crippen molar-refractivity contribution in [2.24, 2.45) is 0 Å². The number of halogens is 3. The van der Waals surface area contributed by atoms with Gasteiger partial charge in [0.15, 0.2) is 0 Å². The Bertz CT molecular complexity index is 555. The van der Waals surface area contributed by atoms with E-state index in [1.165, 1.54) is 18.5 Å². The van der Waals surface area contributed by atoms with Gasteiger partial charge in [-0.2, -0.15) is 13.2 Å². The molecule has 0 spiro atoms. The van der Waals surface area contributed by atoms with Crippen LogP contribution in [0, 0.1) is 0 Å². The van der Waals surface area contributed by atoms with Gasteiger partial charge in [-0.25, -0.2) is 9.97 Å². The van der Waals surface area contributed by atoms with E-state index in [2.05, 4.69) is 15.3 Å². The van der Waals surface area contributed by atoms with Gasteiger partial charge in [-0.3, -0.25) is 0 Å². The molecule has 0 fully saturated rings. The Morgan fingerprint density at radius 1 is 1.20 bits per heavy atom. The van der Waals surface area contributed by atoms with Crippen molar-refractivity contribution in [3.05, 3.63) is 59.7 Å². The van der Waals surface area contributed by atoms with Gasteiger partial charge in [-0.15, -0.1) is 0 Å². The van der Waals surface area contributed by atoms with E-state index in [0.717, 1.165) is 11.6 Å². The standard InChI is InChI=1S/C14H14F3N3/c1-10(20-8-11-6-18-9-19-7-11)12-3-2-4-13(5-12)14(15,16)17/h2-7,9-10,20H,8H2,1H3. The molecule has 1 heterocycles. The van der Waals surface area contributed by atoms with Gasteiger partial charge in [0.1, 0.15) is 6.33 Å². The van der Waals surface area contributed by atoms with Crippen LogP contribution in [0.5, 0.6) is 0 Å². The summed E-state index contributed by atoms with van der Waals surface area (Å²) in [6, 6.07) is 5.13. The second-order valence-corrected chi connectivity index (χ2v) is 4.47. The van der Waals surface area contributed by atoms with E-state index in [4.69, 9.17) is 0 Å². The van der Waals surface area contributed by atoms with Crippen molar-refractivity contribution in [2.45, 2.75) is 25.7 Å². The van der Waals surface area contributed by atoms with Crippen LogP contribution < -0.4 is 5.32 Å². The van der Waals surface area contributed by atoms with Crippen molar-refractivity contribution in [2.75, 3.05) is 0 Å². The van der Waals surface area contributed by atoms with Crippen molar-refractivity contribution >= 4 is 0 Å². The van der Waals surface area contributed by atoms with E-state index in [0.29, 0.717) is 12.1 Å². The normalized spacial score (nSPS) is 13.2. The van der Waals surface area contributed by atoms with Crippen LogP contribution in [-0.4, -0.2) is 9.97 Å². The fourth-order valence-corrected chi connectivity index (χ4v) is 1.79. The van der Waals surface area contributed by atoms with Crippen LogP contribution in [0.3, 0.4) is 0 Å². The highest BCUT2D eigenvalue weighted by Gasteiger charge is 2.30. The second kappa shape index (κ2) is 6.00. The minimum atomic E-state index is -4.32. The van der Waals surface area contributed by atoms with Gasteiger partial charge >= 0.3 is 6.18 Å². The number of alkyl halides is 3. The van der Waals surface area contributed by atoms with E-state index in [1.807, 2.05) is 6.92 Å². The molecule has 1 N–H and O–H groups in total. The number of hydrogen-bond donors (Lipinski definition) is 1. The minimum absolute atomic E-state index is 0.197. The topological polar surface area (TPSA) is 37.8 Å². The zero-order valence-electron chi connectivity index (χ0n) is 10.9. The fraction of sp³-hybridized carbons (Fsp3) is 0.286. The summed E-state index contributed by atoms with van der Waals surface area (Å²) in [7, 11) is 0. The molecule has 3 nitrogen and oxygen atoms in total. The highest BCUT2D eigenvalue weighted by atomic mass is 19.4. The van der Waals surface area contributed by atoms with Crippen molar-refractivity contribution in [1.29, 1.82) is 0 Å². The van der Waals surface area contributed by atoms with Crippen LogP contribution in [0.2, 0.25) is 0 Å². The monoisotopic (exact) mass is 281 g/mol. The van der Waals surface area contributed by atoms with E-state index in [1.54, 1.807) is 18.5 Å². The summed E-state index contributed by atoms with van der Waals surface area (Å²) < 4.78 is 37.9. The van der Waals surface area contributed by atoms with Gasteiger partial charge < -0.3 is 5.32 Å². The molecule has 0 radical (unpaired) electrons.